The average Bonchev–Trinajstić information content (AvgIpc) is 3.14. The fourth-order valence-electron chi connectivity index (χ4n) is 2.50. The van der Waals surface area contributed by atoms with Gasteiger partial charge in [-0.1, -0.05) is 25.6 Å². The number of ether oxygens (including phenoxy) is 1. The topological polar surface area (TPSA) is 80.2 Å². The number of nitrogens with zero attached hydrogens (tertiary/aromatic N) is 3. The third-order valence-corrected chi connectivity index (χ3v) is 5.73. The standard InChI is InChI=1S/C21H18N4O2S2.CH4/c1-14-12-29-21(24-14)25-20-19(27-15-6-3-2-4-7-15)10-16(11-23-20)28-13-17-18(26)8-5-9-22-17;/h2-12,26H,13H2,1H3,(H,23,24,25);1H4. The lowest BCUT2D eigenvalue weighted by molar-refractivity contribution is 0.467. The number of aryl methyl sites for hydroxylation is 1. The third kappa shape index (κ3) is 5.49. The van der Waals surface area contributed by atoms with E-state index in [0.717, 1.165) is 21.5 Å². The molecule has 0 amide bonds. The molecule has 0 aliphatic heterocycles. The molecule has 0 saturated heterocycles. The zero-order valence-corrected chi connectivity index (χ0v) is 17.2. The number of anilines is 2. The van der Waals surface area contributed by atoms with Gasteiger partial charge in [-0.25, -0.2) is 9.97 Å². The minimum atomic E-state index is 0. The second kappa shape index (κ2) is 10.1. The first-order chi connectivity index (χ1) is 14.2. The molecular weight excluding hydrogens is 416 g/mol. The molecule has 3 heterocycles. The largest absolute Gasteiger partial charge is 0.506 e. The van der Waals surface area contributed by atoms with E-state index in [9.17, 15) is 5.11 Å². The Labute approximate surface area is 184 Å². The molecule has 1 aromatic carbocycles. The number of rotatable bonds is 7. The molecule has 0 fully saturated rings. The SMILES string of the molecule is C.Cc1csc(Nc2ncc(SCc3ncccc3O)cc2Oc2ccccc2)n1. The summed E-state index contributed by atoms with van der Waals surface area (Å²) >= 11 is 3.04. The molecule has 0 unspecified atom stereocenters. The van der Waals surface area contributed by atoms with E-state index in [1.54, 1.807) is 24.5 Å². The summed E-state index contributed by atoms with van der Waals surface area (Å²) in [6, 6.07) is 14.8. The van der Waals surface area contributed by atoms with Crippen molar-refractivity contribution in [2.75, 3.05) is 5.32 Å². The first-order valence-electron chi connectivity index (χ1n) is 8.85. The number of benzene rings is 1. The van der Waals surface area contributed by atoms with E-state index < -0.39 is 0 Å². The number of thioether (sulfide) groups is 1. The van der Waals surface area contributed by atoms with Crippen LogP contribution in [0.15, 0.2) is 71.2 Å². The lowest BCUT2D eigenvalue weighted by Crippen LogP contribution is -1.98. The van der Waals surface area contributed by atoms with Gasteiger partial charge in [-0.2, -0.15) is 0 Å². The zero-order chi connectivity index (χ0) is 20.1. The summed E-state index contributed by atoms with van der Waals surface area (Å²) in [6.07, 6.45) is 3.44. The quantitative estimate of drug-likeness (QED) is 0.323. The van der Waals surface area contributed by atoms with Crippen LogP contribution in [0.1, 0.15) is 18.8 Å². The first kappa shape index (κ1) is 21.6. The summed E-state index contributed by atoms with van der Waals surface area (Å²) in [5.41, 5.74) is 1.58. The maximum Gasteiger partial charge on any atom is 0.188 e. The van der Waals surface area contributed by atoms with E-state index in [2.05, 4.69) is 20.3 Å². The van der Waals surface area contributed by atoms with Crippen molar-refractivity contribution < 1.29 is 9.84 Å². The van der Waals surface area contributed by atoms with Gasteiger partial charge in [0.25, 0.3) is 0 Å². The number of pyridine rings is 2. The van der Waals surface area contributed by atoms with Gasteiger partial charge in [-0.05, 0) is 37.3 Å². The molecule has 4 aromatic rings. The molecule has 0 aliphatic carbocycles. The normalized spacial score (nSPS) is 10.3. The highest BCUT2D eigenvalue weighted by Crippen LogP contribution is 2.35. The lowest BCUT2D eigenvalue weighted by Gasteiger charge is -2.12. The summed E-state index contributed by atoms with van der Waals surface area (Å²) in [5, 5.41) is 15.9. The van der Waals surface area contributed by atoms with Crippen molar-refractivity contribution in [1.29, 1.82) is 0 Å². The molecule has 0 atom stereocenters. The van der Waals surface area contributed by atoms with E-state index >= 15 is 0 Å². The van der Waals surface area contributed by atoms with E-state index in [1.165, 1.54) is 23.1 Å². The Morgan fingerprint density at radius 1 is 1.13 bits per heavy atom. The van der Waals surface area contributed by atoms with Gasteiger partial charge in [-0.3, -0.25) is 4.98 Å². The Morgan fingerprint density at radius 3 is 2.70 bits per heavy atom. The molecule has 0 spiro atoms. The molecule has 4 rings (SSSR count). The van der Waals surface area contributed by atoms with E-state index in [0.29, 0.717) is 23.0 Å². The second-order valence-electron chi connectivity index (χ2n) is 6.11. The van der Waals surface area contributed by atoms with Crippen molar-refractivity contribution in [2.45, 2.75) is 25.0 Å². The molecule has 0 aliphatic rings. The minimum Gasteiger partial charge on any atom is -0.506 e. The smallest absolute Gasteiger partial charge is 0.188 e. The summed E-state index contributed by atoms with van der Waals surface area (Å²) < 4.78 is 6.08. The highest BCUT2D eigenvalue weighted by molar-refractivity contribution is 7.98. The van der Waals surface area contributed by atoms with Gasteiger partial charge in [-0.15, -0.1) is 23.1 Å². The van der Waals surface area contributed by atoms with Crippen molar-refractivity contribution in [2.24, 2.45) is 0 Å². The van der Waals surface area contributed by atoms with Crippen LogP contribution in [0.4, 0.5) is 10.9 Å². The summed E-state index contributed by atoms with van der Waals surface area (Å²) in [4.78, 5) is 14.1. The van der Waals surface area contributed by atoms with Gasteiger partial charge in [0.15, 0.2) is 16.7 Å². The van der Waals surface area contributed by atoms with Crippen molar-refractivity contribution >= 4 is 34.0 Å². The van der Waals surface area contributed by atoms with Crippen LogP contribution in [0.3, 0.4) is 0 Å². The lowest BCUT2D eigenvalue weighted by atomic mass is 10.3. The molecule has 3 aromatic heterocycles. The Hall–Kier alpha value is -3.10. The highest BCUT2D eigenvalue weighted by atomic mass is 32.2. The van der Waals surface area contributed by atoms with E-state index in [1.807, 2.05) is 48.7 Å². The maximum absolute atomic E-state index is 9.92. The van der Waals surface area contributed by atoms with Gasteiger partial charge in [0.1, 0.15) is 11.5 Å². The van der Waals surface area contributed by atoms with Crippen LogP contribution in [-0.4, -0.2) is 20.1 Å². The van der Waals surface area contributed by atoms with Crippen molar-refractivity contribution in [1.82, 2.24) is 15.0 Å². The number of thiazole rings is 1. The average molecular weight is 439 g/mol. The molecule has 2 N–H and O–H groups in total. The summed E-state index contributed by atoms with van der Waals surface area (Å²) in [5.74, 6) is 2.62. The van der Waals surface area contributed by atoms with Gasteiger partial charge in [0.2, 0.25) is 0 Å². The van der Waals surface area contributed by atoms with Crippen LogP contribution in [0.5, 0.6) is 17.2 Å². The molecule has 154 valence electrons. The zero-order valence-electron chi connectivity index (χ0n) is 15.6. The van der Waals surface area contributed by atoms with E-state index in [-0.39, 0.29) is 13.2 Å². The number of hydrogen-bond donors (Lipinski definition) is 2. The van der Waals surface area contributed by atoms with Crippen LogP contribution in [0.2, 0.25) is 0 Å². The number of aromatic hydroxyl groups is 1. The molecule has 0 bridgehead atoms. The summed E-state index contributed by atoms with van der Waals surface area (Å²) in [7, 11) is 0. The molecule has 30 heavy (non-hydrogen) atoms. The van der Waals surface area contributed by atoms with Gasteiger partial charge >= 0.3 is 0 Å². The van der Waals surface area contributed by atoms with Crippen LogP contribution < -0.4 is 10.1 Å². The molecular formula is C22H22N4O2S2. The van der Waals surface area contributed by atoms with Crippen LogP contribution in [0.25, 0.3) is 0 Å². The Morgan fingerprint density at radius 2 is 1.97 bits per heavy atom. The van der Waals surface area contributed by atoms with Crippen LogP contribution in [-0.2, 0) is 5.75 Å². The molecule has 6 nitrogen and oxygen atoms in total. The molecule has 0 saturated carbocycles. The Kier molecular flexibility index (Phi) is 7.26. The number of nitrogens with one attached hydrogen (secondary N) is 1. The third-order valence-electron chi connectivity index (χ3n) is 3.88. The highest BCUT2D eigenvalue weighted by Gasteiger charge is 2.12. The Bertz CT molecular complexity index is 1100. The number of hydrogen-bond acceptors (Lipinski definition) is 8. The van der Waals surface area contributed by atoms with Gasteiger partial charge in [0, 0.05) is 28.4 Å². The van der Waals surface area contributed by atoms with Gasteiger partial charge < -0.3 is 15.2 Å². The van der Waals surface area contributed by atoms with Gasteiger partial charge in [0.05, 0.1) is 11.4 Å². The van der Waals surface area contributed by atoms with Crippen molar-refractivity contribution in [3.05, 3.63) is 77.7 Å². The Balaban J connectivity index is 0.00000256. The van der Waals surface area contributed by atoms with Crippen molar-refractivity contribution in [3.63, 3.8) is 0 Å². The predicted octanol–water partition coefficient (Wildman–Crippen LogP) is 6.41. The maximum atomic E-state index is 9.92. The molecule has 8 heteroatoms. The number of para-hydroxylation sites is 1. The van der Waals surface area contributed by atoms with Crippen molar-refractivity contribution in [3.8, 4) is 17.2 Å². The predicted molar refractivity (Wildman–Crippen MR) is 123 cm³/mol. The van der Waals surface area contributed by atoms with Crippen LogP contribution >= 0.6 is 23.1 Å². The minimum absolute atomic E-state index is 0. The second-order valence-corrected chi connectivity index (χ2v) is 8.02. The van der Waals surface area contributed by atoms with E-state index in [4.69, 9.17) is 4.74 Å². The first-order valence-corrected chi connectivity index (χ1v) is 10.7. The monoisotopic (exact) mass is 438 g/mol. The molecule has 0 radical (unpaired) electrons. The summed E-state index contributed by atoms with van der Waals surface area (Å²) in [6.45, 7) is 1.95. The fraction of sp³-hybridized carbons (Fsp3) is 0.136. The fourth-order valence-corrected chi connectivity index (χ4v) is 4.03. The number of aromatic nitrogens is 3. The van der Waals surface area contributed by atoms with Crippen LogP contribution in [0, 0.1) is 6.92 Å².